The zero-order valence-electron chi connectivity index (χ0n) is 12.3. The Labute approximate surface area is 128 Å². The minimum Gasteiger partial charge on any atom is -0.369 e. The van der Waals surface area contributed by atoms with Crippen molar-refractivity contribution in [3.8, 4) is 0 Å². The Morgan fingerprint density at radius 2 is 2.00 bits per heavy atom. The van der Waals surface area contributed by atoms with E-state index in [1.165, 1.54) is 21.9 Å². The standard InChI is InChI=1S/C14H19ClFN3O2/c1-9(18(2)8-13(17)20)14(21)19(3)7-10-11(15)5-4-6-12(10)16/h4-6,9H,7-8H2,1-3H3,(H2,17,20)/t9-/m1/s1. The van der Waals surface area contributed by atoms with E-state index in [1.54, 1.807) is 27.1 Å². The van der Waals surface area contributed by atoms with Crippen LogP contribution in [0.15, 0.2) is 18.2 Å². The molecule has 1 aromatic rings. The average molecular weight is 316 g/mol. The van der Waals surface area contributed by atoms with Crippen LogP contribution in [0.3, 0.4) is 0 Å². The van der Waals surface area contributed by atoms with Gasteiger partial charge in [0.25, 0.3) is 0 Å². The fourth-order valence-corrected chi connectivity index (χ4v) is 2.11. The SMILES string of the molecule is C[C@H](C(=O)N(C)Cc1c(F)cccc1Cl)N(C)CC(N)=O. The van der Waals surface area contributed by atoms with Crippen molar-refractivity contribution in [3.05, 3.63) is 34.6 Å². The number of carbonyl (C=O) groups excluding carboxylic acids is 2. The summed E-state index contributed by atoms with van der Waals surface area (Å²) in [6.07, 6.45) is 0. The molecule has 2 N–H and O–H groups in total. The summed E-state index contributed by atoms with van der Waals surface area (Å²) in [5, 5.41) is 0.271. The Hall–Kier alpha value is -1.66. The maximum atomic E-state index is 13.7. The number of rotatable bonds is 6. The van der Waals surface area contributed by atoms with Gasteiger partial charge in [0, 0.05) is 24.2 Å². The molecule has 0 unspecified atom stereocenters. The molecular weight excluding hydrogens is 297 g/mol. The van der Waals surface area contributed by atoms with Crippen molar-refractivity contribution in [2.45, 2.75) is 19.5 Å². The maximum absolute atomic E-state index is 13.7. The quantitative estimate of drug-likeness (QED) is 0.859. The molecule has 0 aliphatic carbocycles. The lowest BCUT2D eigenvalue weighted by Gasteiger charge is -2.27. The molecule has 0 spiro atoms. The first-order valence-electron chi connectivity index (χ1n) is 6.40. The molecule has 116 valence electrons. The van der Waals surface area contributed by atoms with E-state index in [0.717, 1.165) is 0 Å². The third-order valence-corrected chi connectivity index (χ3v) is 3.61. The number of amides is 2. The zero-order valence-corrected chi connectivity index (χ0v) is 13.0. The predicted octanol–water partition coefficient (Wildman–Crippen LogP) is 1.24. The lowest BCUT2D eigenvalue weighted by molar-refractivity contribution is -0.135. The monoisotopic (exact) mass is 315 g/mol. The van der Waals surface area contributed by atoms with Crippen molar-refractivity contribution >= 4 is 23.4 Å². The fourth-order valence-electron chi connectivity index (χ4n) is 1.89. The Kier molecular flexibility index (Phi) is 6.11. The van der Waals surface area contributed by atoms with E-state index in [-0.39, 0.29) is 29.6 Å². The Balaban J connectivity index is 2.77. The van der Waals surface area contributed by atoms with Crippen LogP contribution in [0.2, 0.25) is 5.02 Å². The van der Waals surface area contributed by atoms with Crippen LogP contribution in [-0.2, 0) is 16.1 Å². The molecule has 1 atom stereocenters. The molecule has 0 heterocycles. The van der Waals surface area contributed by atoms with Crippen LogP contribution < -0.4 is 5.73 Å². The summed E-state index contributed by atoms with van der Waals surface area (Å²) in [7, 11) is 3.18. The number of halogens is 2. The van der Waals surface area contributed by atoms with Crippen LogP contribution in [0.5, 0.6) is 0 Å². The number of nitrogens with zero attached hydrogens (tertiary/aromatic N) is 2. The highest BCUT2D eigenvalue weighted by atomic mass is 35.5. The summed E-state index contributed by atoms with van der Waals surface area (Å²) in [6.45, 7) is 1.69. The first kappa shape index (κ1) is 17.4. The molecule has 0 radical (unpaired) electrons. The van der Waals surface area contributed by atoms with Gasteiger partial charge in [-0.3, -0.25) is 14.5 Å². The van der Waals surface area contributed by atoms with E-state index in [2.05, 4.69) is 0 Å². The van der Waals surface area contributed by atoms with Gasteiger partial charge in [-0.05, 0) is 26.1 Å². The van der Waals surface area contributed by atoms with Gasteiger partial charge >= 0.3 is 0 Å². The zero-order chi connectivity index (χ0) is 16.2. The van der Waals surface area contributed by atoms with E-state index in [0.29, 0.717) is 0 Å². The molecule has 0 saturated heterocycles. The van der Waals surface area contributed by atoms with E-state index in [4.69, 9.17) is 17.3 Å². The topological polar surface area (TPSA) is 66.6 Å². The molecule has 0 bridgehead atoms. The van der Waals surface area contributed by atoms with Gasteiger partial charge in [-0.15, -0.1) is 0 Å². The molecule has 5 nitrogen and oxygen atoms in total. The van der Waals surface area contributed by atoms with Crippen molar-refractivity contribution in [2.75, 3.05) is 20.6 Å². The summed E-state index contributed by atoms with van der Waals surface area (Å²) in [5.74, 6) is -1.23. The Bertz CT molecular complexity index is 519. The maximum Gasteiger partial charge on any atom is 0.239 e. The normalized spacial score (nSPS) is 12.3. The summed E-state index contributed by atoms with van der Waals surface area (Å²) in [6, 6.07) is 3.82. The molecule has 2 amide bonds. The van der Waals surface area contributed by atoms with Gasteiger partial charge in [-0.25, -0.2) is 4.39 Å². The lowest BCUT2D eigenvalue weighted by atomic mass is 10.2. The molecule has 7 heteroatoms. The van der Waals surface area contributed by atoms with Crippen molar-refractivity contribution in [1.82, 2.24) is 9.80 Å². The Morgan fingerprint density at radius 3 is 2.52 bits per heavy atom. The van der Waals surface area contributed by atoms with Gasteiger partial charge in [0.05, 0.1) is 12.6 Å². The van der Waals surface area contributed by atoms with E-state index >= 15 is 0 Å². The van der Waals surface area contributed by atoms with Gasteiger partial charge in [0.2, 0.25) is 11.8 Å². The number of hydrogen-bond donors (Lipinski definition) is 1. The highest BCUT2D eigenvalue weighted by molar-refractivity contribution is 6.31. The molecular formula is C14H19ClFN3O2. The highest BCUT2D eigenvalue weighted by Crippen LogP contribution is 2.20. The third-order valence-electron chi connectivity index (χ3n) is 3.26. The van der Waals surface area contributed by atoms with E-state index in [1.807, 2.05) is 0 Å². The van der Waals surface area contributed by atoms with Crippen LogP contribution in [0.25, 0.3) is 0 Å². The largest absolute Gasteiger partial charge is 0.369 e. The van der Waals surface area contributed by atoms with Crippen LogP contribution in [0.4, 0.5) is 4.39 Å². The number of nitrogens with two attached hydrogens (primary N) is 1. The minimum absolute atomic E-state index is 0.0266. The minimum atomic E-state index is -0.548. The first-order valence-corrected chi connectivity index (χ1v) is 6.78. The number of hydrogen-bond acceptors (Lipinski definition) is 3. The summed E-state index contributed by atoms with van der Waals surface area (Å²) in [4.78, 5) is 26.0. The van der Waals surface area contributed by atoms with Gasteiger partial charge in [-0.2, -0.15) is 0 Å². The average Bonchev–Trinajstić information content (AvgIpc) is 2.40. The van der Waals surface area contributed by atoms with Gasteiger partial charge in [0.15, 0.2) is 0 Å². The molecule has 1 aromatic carbocycles. The lowest BCUT2D eigenvalue weighted by Crippen LogP contribution is -2.46. The molecule has 0 fully saturated rings. The van der Waals surface area contributed by atoms with Gasteiger partial charge in [0.1, 0.15) is 5.82 Å². The summed E-state index contributed by atoms with van der Waals surface area (Å²) >= 11 is 5.94. The second-order valence-electron chi connectivity index (χ2n) is 4.95. The van der Waals surface area contributed by atoms with Crippen LogP contribution in [0.1, 0.15) is 12.5 Å². The molecule has 0 aliphatic rings. The van der Waals surface area contributed by atoms with E-state index in [9.17, 15) is 14.0 Å². The van der Waals surface area contributed by atoms with Crippen LogP contribution in [-0.4, -0.2) is 48.3 Å². The first-order chi connectivity index (χ1) is 9.73. The molecule has 0 saturated carbocycles. The number of likely N-dealkylation sites (N-methyl/N-ethyl adjacent to an activating group) is 2. The predicted molar refractivity (Wildman–Crippen MR) is 79.2 cm³/mol. The van der Waals surface area contributed by atoms with Crippen LogP contribution >= 0.6 is 11.6 Å². The summed E-state index contributed by atoms with van der Waals surface area (Å²) < 4.78 is 13.7. The third kappa shape index (κ3) is 4.68. The number of primary amides is 1. The van der Waals surface area contributed by atoms with Crippen molar-refractivity contribution < 1.29 is 14.0 Å². The smallest absolute Gasteiger partial charge is 0.239 e. The molecule has 21 heavy (non-hydrogen) atoms. The molecule has 0 aromatic heterocycles. The molecule has 1 rings (SSSR count). The number of carbonyl (C=O) groups is 2. The van der Waals surface area contributed by atoms with Crippen molar-refractivity contribution in [3.63, 3.8) is 0 Å². The second-order valence-corrected chi connectivity index (χ2v) is 5.36. The van der Waals surface area contributed by atoms with Gasteiger partial charge in [-0.1, -0.05) is 17.7 Å². The van der Waals surface area contributed by atoms with Crippen LogP contribution in [0, 0.1) is 5.82 Å². The van der Waals surface area contributed by atoms with Gasteiger partial charge < -0.3 is 10.6 Å². The molecule has 0 aliphatic heterocycles. The fraction of sp³-hybridized carbons (Fsp3) is 0.429. The van der Waals surface area contributed by atoms with Crippen molar-refractivity contribution in [2.24, 2.45) is 5.73 Å². The Morgan fingerprint density at radius 1 is 1.38 bits per heavy atom. The number of benzene rings is 1. The van der Waals surface area contributed by atoms with E-state index < -0.39 is 17.8 Å². The highest BCUT2D eigenvalue weighted by Gasteiger charge is 2.23. The van der Waals surface area contributed by atoms with Crippen molar-refractivity contribution in [1.29, 1.82) is 0 Å². The second kappa shape index (κ2) is 7.38. The summed E-state index contributed by atoms with van der Waals surface area (Å²) in [5.41, 5.74) is 5.36.